The standard InChI is InChI=1S/C15H15N3O5S/c1-16-12-5-4-10(7-13(12)18(21)22)15(20)23-9-14(19)17-8-11-3-2-6-24-11/h2-7,16H,8-9H2,1H3,(H,17,19). The highest BCUT2D eigenvalue weighted by atomic mass is 32.1. The van der Waals surface area contributed by atoms with E-state index in [0.717, 1.165) is 10.9 Å². The maximum atomic E-state index is 11.9. The number of rotatable bonds is 7. The number of carbonyl (C=O) groups excluding carboxylic acids is 2. The molecule has 0 spiro atoms. The molecule has 0 fully saturated rings. The first-order valence-electron chi connectivity index (χ1n) is 6.93. The monoisotopic (exact) mass is 349 g/mol. The summed E-state index contributed by atoms with van der Waals surface area (Å²) < 4.78 is 4.88. The number of hydrogen-bond donors (Lipinski definition) is 2. The summed E-state index contributed by atoms with van der Waals surface area (Å²) in [6.07, 6.45) is 0. The van der Waals surface area contributed by atoms with Gasteiger partial charge in [-0.3, -0.25) is 14.9 Å². The molecule has 0 aliphatic heterocycles. The smallest absolute Gasteiger partial charge is 0.338 e. The van der Waals surface area contributed by atoms with E-state index in [-0.39, 0.29) is 16.9 Å². The average Bonchev–Trinajstić information content (AvgIpc) is 3.10. The van der Waals surface area contributed by atoms with Crippen LogP contribution in [0.5, 0.6) is 0 Å². The summed E-state index contributed by atoms with van der Waals surface area (Å²) in [5.41, 5.74) is 0.0473. The Morgan fingerprint density at radius 1 is 1.33 bits per heavy atom. The normalized spacial score (nSPS) is 10.0. The second kappa shape index (κ2) is 8.06. The number of benzene rings is 1. The van der Waals surface area contributed by atoms with Crippen molar-refractivity contribution in [3.63, 3.8) is 0 Å². The molecular formula is C15H15N3O5S. The largest absolute Gasteiger partial charge is 0.452 e. The van der Waals surface area contributed by atoms with Gasteiger partial charge in [0.15, 0.2) is 6.61 Å². The van der Waals surface area contributed by atoms with Crippen LogP contribution < -0.4 is 10.6 Å². The molecule has 126 valence electrons. The second-order valence-electron chi connectivity index (χ2n) is 4.67. The Hall–Kier alpha value is -2.94. The molecule has 0 saturated carbocycles. The number of carbonyl (C=O) groups is 2. The van der Waals surface area contributed by atoms with E-state index in [1.165, 1.54) is 30.5 Å². The summed E-state index contributed by atoms with van der Waals surface area (Å²) in [6, 6.07) is 7.65. The summed E-state index contributed by atoms with van der Waals surface area (Å²) in [7, 11) is 1.54. The fraction of sp³-hybridized carbons (Fsp3) is 0.200. The Morgan fingerprint density at radius 3 is 2.75 bits per heavy atom. The van der Waals surface area contributed by atoms with Crippen LogP contribution in [0.4, 0.5) is 11.4 Å². The van der Waals surface area contributed by atoms with Gasteiger partial charge in [0.1, 0.15) is 5.69 Å². The van der Waals surface area contributed by atoms with Crippen molar-refractivity contribution in [1.29, 1.82) is 0 Å². The molecule has 1 amide bonds. The topological polar surface area (TPSA) is 111 Å². The fourth-order valence-corrected chi connectivity index (χ4v) is 2.53. The number of nitro groups is 1. The molecule has 0 aliphatic carbocycles. The van der Waals surface area contributed by atoms with Crippen molar-refractivity contribution >= 4 is 34.6 Å². The molecule has 2 N–H and O–H groups in total. The van der Waals surface area contributed by atoms with Crippen LogP contribution in [0.1, 0.15) is 15.2 Å². The van der Waals surface area contributed by atoms with E-state index in [1.54, 1.807) is 0 Å². The van der Waals surface area contributed by atoms with Crippen LogP contribution >= 0.6 is 11.3 Å². The maximum absolute atomic E-state index is 11.9. The van der Waals surface area contributed by atoms with Crippen molar-refractivity contribution in [2.24, 2.45) is 0 Å². The van der Waals surface area contributed by atoms with Gasteiger partial charge in [-0.25, -0.2) is 4.79 Å². The third-order valence-corrected chi connectivity index (χ3v) is 3.95. The summed E-state index contributed by atoms with van der Waals surface area (Å²) in [5.74, 6) is -1.25. The van der Waals surface area contributed by atoms with E-state index in [4.69, 9.17) is 4.74 Å². The Bertz CT molecular complexity index is 746. The molecule has 0 bridgehead atoms. The Balaban J connectivity index is 1.91. The molecule has 0 saturated heterocycles. The zero-order chi connectivity index (χ0) is 17.5. The number of hydrogen-bond acceptors (Lipinski definition) is 7. The predicted molar refractivity (Wildman–Crippen MR) is 89.1 cm³/mol. The van der Waals surface area contributed by atoms with Crippen molar-refractivity contribution < 1.29 is 19.2 Å². The number of esters is 1. The highest BCUT2D eigenvalue weighted by Crippen LogP contribution is 2.25. The number of nitrogens with one attached hydrogen (secondary N) is 2. The zero-order valence-corrected chi connectivity index (χ0v) is 13.6. The molecule has 0 atom stereocenters. The number of amides is 1. The van der Waals surface area contributed by atoms with E-state index in [1.807, 2.05) is 17.5 Å². The summed E-state index contributed by atoms with van der Waals surface area (Å²) in [6.45, 7) is -0.0951. The van der Waals surface area contributed by atoms with Gasteiger partial charge in [-0.05, 0) is 23.6 Å². The van der Waals surface area contributed by atoms with Crippen LogP contribution in [-0.2, 0) is 16.1 Å². The van der Waals surface area contributed by atoms with Crippen molar-refractivity contribution in [3.8, 4) is 0 Å². The van der Waals surface area contributed by atoms with Gasteiger partial charge in [0, 0.05) is 18.0 Å². The third-order valence-electron chi connectivity index (χ3n) is 3.07. The number of thiophene rings is 1. The number of nitrogens with zero attached hydrogens (tertiary/aromatic N) is 1. The van der Waals surface area contributed by atoms with Crippen molar-refractivity contribution in [3.05, 3.63) is 56.3 Å². The highest BCUT2D eigenvalue weighted by molar-refractivity contribution is 7.09. The minimum absolute atomic E-state index is 0.00626. The van der Waals surface area contributed by atoms with E-state index < -0.39 is 23.4 Å². The van der Waals surface area contributed by atoms with Gasteiger partial charge in [-0.1, -0.05) is 6.07 Å². The quantitative estimate of drug-likeness (QED) is 0.450. The molecule has 8 nitrogen and oxygen atoms in total. The van der Waals surface area contributed by atoms with Gasteiger partial charge >= 0.3 is 5.97 Å². The molecule has 0 aliphatic rings. The van der Waals surface area contributed by atoms with Gasteiger partial charge in [0.05, 0.1) is 17.0 Å². The van der Waals surface area contributed by atoms with Crippen LogP contribution in [0.25, 0.3) is 0 Å². The summed E-state index contributed by atoms with van der Waals surface area (Å²) in [4.78, 5) is 34.9. The van der Waals surface area contributed by atoms with E-state index in [9.17, 15) is 19.7 Å². The first kappa shape index (κ1) is 17.4. The zero-order valence-electron chi connectivity index (χ0n) is 12.8. The molecule has 2 aromatic rings. The first-order chi connectivity index (χ1) is 11.5. The van der Waals surface area contributed by atoms with Crippen LogP contribution in [-0.4, -0.2) is 30.5 Å². The minimum atomic E-state index is -0.799. The Labute approximate surface area is 141 Å². The predicted octanol–water partition coefficient (Wildman–Crippen LogP) is 2.17. The van der Waals surface area contributed by atoms with E-state index in [2.05, 4.69) is 10.6 Å². The van der Waals surface area contributed by atoms with Crippen molar-refractivity contribution in [2.75, 3.05) is 19.0 Å². The van der Waals surface area contributed by atoms with Crippen molar-refractivity contribution in [2.45, 2.75) is 6.54 Å². The van der Waals surface area contributed by atoms with Gasteiger partial charge in [0.25, 0.3) is 11.6 Å². The van der Waals surface area contributed by atoms with Gasteiger partial charge < -0.3 is 15.4 Å². The highest BCUT2D eigenvalue weighted by Gasteiger charge is 2.18. The third kappa shape index (κ3) is 4.53. The lowest BCUT2D eigenvalue weighted by atomic mass is 10.1. The van der Waals surface area contributed by atoms with Crippen LogP contribution in [0, 0.1) is 10.1 Å². The van der Waals surface area contributed by atoms with E-state index in [0.29, 0.717) is 6.54 Å². The molecule has 0 radical (unpaired) electrons. The molecule has 0 unspecified atom stereocenters. The second-order valence-corrected chi connectivity index (χ2v) is 5.70. The molecule has 1 aromatic carbocycles. The number of nitro benzene ring substituents is 1. The number of anilines is 1. The van der Waals surface area contributed by atoms with E-state index >= 15 is 0 Å². The summed E-state index contributed by atoms with van der Waals surface area (Å²) in [5, 5.41) is 18.1. The molecule has 1 aromatic heterocycles. The summed E-state index contributed by atoms with van der Waals surface area (Å²) >= 11 is 1.50. The minimum Gasteiger partial charge on any atom is -0.452 e. The molecule has 9 heteroatoms. The van der Waals surface area contributed by atoms with Crippen LogP contribution in [0.2, 0.25) is 0 Å². The van der Waals surface area contributed by atoms with Crippen molar-refractivity contribution in [1.82, 2.24) is 5.32 Å². The lowest BCUT2D eigenvalue weighted by Crippen LogP contribution is -2.28. The number of ether oxygens (including phenoxy) is 1. The van der Waals surface area contributed by atoms with Gasteiger partial charge in [0.2, 0.25) is 0 Å². The SMILES string of the molecule is CNc1ccc(C(=O)OCC(=O)NCc2cccs2)cc1[N+](=O)[O-]. The molecule has 1 heterocycles. The Kier molecular flexibility index (Phi) is 5.85. The van der Waals surface area contributed by atoms with Crippen LogP contribution in [0.3, 0.4) is 0 Å². The van der Waals surface area contributed by atoms with Crippen LogP contribution in [0.15, 0.2) is 35.7 Å². The molecule has 24 heavy (non-hydrogen) atoms. The average molecular weight is 349 g/mol. The fourth-order valence-electron chi connectivity index (χ4n) is 1.89. The maximum Gasteiger partial charge on any atom is 0.338 e. The first-order valence-corrected chi connectivity index (χ1v) is 7.81. The van der Waals surface area contributed by atoms with Gasteiger partial charge in [-0.15, -0.1) is 11.3 Å². The molecule has 2 rings (SSSR count). The molecular weight excluding hydrogens is 334 g/mol. The lowest BCUT2D eigenvalue weighted by Gasteiger charge is -2.07. The van der Waals surface area contributed by atoms with Gasteiger partial charge in [-0.2, -0.15) is 0 Å². The lowest BCUT2D eigenvalue weighted by molar-refractivity contribution is -0.384. The Morgan fingerprint density at radius 2 is 2.12 bits per heavy atom.